The number of carbonyl (C=O) groups excluding carboxylic acids is 2. The van der Waals surface area contributed by atoms with E-state index in [2.05, 4.69) is 5.32 Å². The fourth-order valence-electron chi connectivity index (χ4n) is 4.42. The van der Waals surface area contributed by atoms with Gasteiger partial charge in [-0.1, -0.05) is 44.2 Å². The van der Waals surface area contributed by atoms with E-state index >= 15 is 0 Å². The first-order chi connectivity index (χ1) is 19.1. The van der Waals surface area contributed by atoms with Crippen LogP contribution < -0.4 is 10.7 Å². The summed E-state index contributed by atoms with van der Waals surface area (Å²) in [5.41, 5.74) is 4.03. The van der Waals surface area contributed by atoms with Crippen molar-refractivity contribution in [3.63, 3.8) is 0 Å². The first kappa shape index (κ1) is 28.5. The predicted molar refractivity (Wildman–Crippen MR) is 154 cm³/mol. The van der Waals surface area contributed by atoms with Crippen molar-refractivity contribution in [3.05, 3.63) is 111 Å². The van der Waals surface area contributed by atoms with Crippen molar-refractivity contribution < 1.29 is 18.4 Å². The van der Waals surface area contributed by atoms with Gasteiger partial charge in [0.25, 0.3) is 0 Å². The van der Waals surface area contributed by atoms with Crippen LogP contribution in [-0.4, -0.2) is 34.8 Å². The van der Waals surface area contributed by atoms with E-state index in [1.165, 1.54) is 28.2 Å². The molecule has 0 aliphatic rings. The van der Waals surface area contributed by atoms with Crippen LogP contribution >= 0.6 is 0 Å². The van der Waals surface area contributed by atoms with E-state index in [1.807, 2.05) is 45.9 Å². The molecule has 0 radical (unpaired) electrons. The molecule has 0 atom stereocenters. The average molecular weight is 544 g/mol. The molecule has 3 aromatic carbocycles. The Balaban J connectivity index is 1.60. The number of benzene rings is 3. The van der Waals surface area contributed by atoms with Crippen molar-refractivity contribution in [1.29, 1.82) is 0 Å². The Morgan fingerprint density at radius 1 is 0.925 bits per heavy atom. The summed E-state index contributed by atoms with van der Waals surface area (Å²) >= 11 is 0. The number of rotatable bonds is 9. The quantitative estimate of drug-likeness (QED) is 0.270. The van der Waals surface area contributed by atoms with Gasteiger partial charge in [0, 0.05) is 18.8 Å². The Morgan fingerprint density at radius 2 is 1.65 bits per heavy atom. The number of hydrogen-bond donors (Lipinski definition) is 1. The number of anilines is 1. The third-order valence-corrected chi connectivity index (χ3v) is 6.71. The van der Waals surface area contributed by atoms with Crippen LogP contribution in [0.15, 0.2) is 82.2 Å². The van der Waals surface area contributed by atoms with Crippen LogP contribution in [0.5, 0.6) is 0 Å². The maximum atomic E-state index is 13.7. The fourth-order valence-corrected chi connectivity index (χ4v) is 4.42. The molecule has 0 aliphatic heterocycles. The molecule has 0 aliphatic carbocycles. The highest BCUT2D eigenvalue weighted by atomic mass is 19.1. The molecule has 0 fully saturated rings. The van der Waals surface area contributed by atoms with Gasteiger partial charge in [0.15, 0.2) is 5.43 Å². The smallest absolute Gasteiger partial charge is 0.322 e. The number of amides is 3. The Morgan fingerprint density at radius 3 is 2.35 bits per heavy atom. The van der Waals surface area contributed by atoms with Crippen molar-refractivity contribution in [2.75, 3.05) is 18.4 Å². The van der Waals surface area contributed by atoms with Gasteiger partial charge in [0.1, 0.15) is 17.9 Å². The SMILES string of the molecule is Cc1ccc(NC(=O)N(CC(=O)N(Cc2ccc(F)cc2)Cc2coc3ccccc3c2=O)CC(C)C)cc1C. The molecular weight excluding hydrogens is 509 g/mol. The molecule has 1 heterocycles. The van der Waals surface area contributed by atoms with Crippen LogP contribution in [0.25, 0.3) is 11.0 Å². The van der Waals surface area contributed by atoms with Gasteiger partial charge >= 0.3 is 6.03 Å². The zero-order valence-electron chi connectivity index (χ0n) is 23.2. The normalized spacial score (nSPS) is 11.1. The van der Waals surface area contributed by atoms with Crippen LogP contribution in [0.1, 0.15) is 36.1 Å². The van der Waals surface area contributed by atoms with E-state index < -0.39 is 6.03 Å². The van der Waals surface area contributed by atoms with Gasteiger partial charge in [0.2, 0.25) is 5.91 Å². The Kier molecular flexibility index (Phi) is 8.99. The molecule has 4 rings (SSSR count). The molecule has 208 valence electrons. The van der Waals surface area contributed by atoms with Crippen LogP contribution in [0, 0.1) is 25.6 Å². The summed E-state index contributed by atoms with van der Waals surface area (Å²) in [5, 5.41) is 3.32. The molecular formula is C32H34FN3O4. The Bertz CT molecular complexity index is 1560. The molecule has 0 saturated heterocycles. The van der Waals surface area contributed by atoms with Crippen LogP contribution in [-0.2, 0) is 17.9 Å². The molecule has 7 nitrogen and oxygen atoms in total. The highest BCUT2D eigenvalue weighted by Gasteiger charge is 2.24. The summed E-state index contributed by atoms with van der Waals surface area (Å²) in [6.07, 6.45) is 1.37. The van der Waals surface area contributed by atoms with E-state index in [4.69, 9.17) is 4.42 Å². The Labute approximate surface area is 233 Å². The molecule has 4 aromatic rings. The highest BCUT2D eigenvalue weighted by molar-refractivity contribution is 5.92. The topological polar surface area (TPSA) is 82.9 Å². The van der Waals surface area contributed by atoms with E-state index in [-0.39, 0.29) is 42.7 Å². The van der Waals surface area contributed by atoms with E-state index in [0.717, 1.165) is 11.1 Å². The second-order valence-electron chi connectivity index (χ2n) is 10.5. The fraction of sp³-hybridized carbons (Fsp3) is 0.281. The molecule has 0 spiro atoms. The molecule has 1 aromatic heterocycles. The molecule has 0 saturated carbocycles. The van der Waals surface area contributed by atoms with E-state index in [1.54, 1.807) is 36.4 Å². The maximum absolute atomic E-state index is 13.7. The number of halogens is 1. The number of para-hydroxylation sites is 1. The zero-order valence-corrected chi connectivity index (χ0v) is 23.2. The lowest BCUT2D eigenvalue weighted by Crippen LogP contribution is -2.45. The van der Waals surface area contributed by atoms with Gasteiger partial charge in [-0.25, -0.2) is 9.18 Å². The summed E-state index contributed by atoms with van der Waals surface area (Å²) in [6, 6.07) is 18.0. The minimum atomic E-state index is -0.391. The second-order valence-corrected chi connectivity index (χ2v) is 10.5. The number of carbonyl (C=O) groups is 2. The van der Waals surface area contributed by atoms with Gasteiger partial charge in [-0.15, -0.1) is 0 Å². The van der Waals surface area contributed by atoms with Crippen molar-refractivity contribution in [2.24, 2.45) is 5.92 Å². The summed E-state index contributed by atoms with van der Waals surface area (Å²) in [4.78, 5) is 43.2. The van der Waals surface area contributed by atoms with E-state index in [9.17, 15) is 18.8 Å². The molecule has 0 bridgehead atoms. The first-order valence-electron chi connectivity index (χ1n) is 13.3. The predicted octanol–water partition coefficient (Wildman–Crippen LogP) is 6.27. The average Bonchev–Trinajstić information content (AvgIpc) is 2.92. The number of hydrogen-bond acceptors (Lipinski definition) is 4. The van der Waals surface area contributed by atoms with Gasteiger partial charge in [-0.2, -0.15) is 0 Å². The van der Waals surface area contributed by atoms with Crippen LogP contribution in [0.4, 0.5) is 14.9 Å². The molecule has 40 heavy (non-hydrogen) atoms. The van der Waals surface area contributed by atoms with Crippen LogP contribution in [0.3, 0.4) is 0 Å². The number of aryl methyl sites for hydroxylation is 2. The van der Waals surface area contributed by atoms with Crippen molar-refractivity contribution in [3.8, 4) is 0 Å². The lowest BCUT2D eigenvalue weighted by molar-refractivity contribution is -0.133. The summed E-state index contributed by atoms with van der Waals surface area (Å²) in [5.74, 6) is -0.632. The van der Waals surface area contributed by atoms with Gasteiger partial charge < -0.3 is 19.5 Å². The second kappa shape index (κ2) is 12.6. The van der Waals surface area contributed by atoms with Crippen LogP contribution in [0.2, 0.25) is 0 Å². The summed E-state index contributed by atoms with van der Waals surface area (Å²) in [6.45, 7) is 8.15. The largest absolute Gasteiger partial charge is 0.464 e. The van der Waals surface area contributed by atoms with Crippen molar-refractivity contribution >= 4 is 28.6 Å². The maximum Gasteiger partial charge on any atom is 0.322 e. The lowest BCUT2D eigenvalue weighted by atomic mass is 10.1. The Hall–Kier alpha value is -4.46. The number of fused-ring (bicyclic) bond motifs is 1. The third-order valence-electron chi connectivity index (χ3n) is 6.71. The third kappa shape index (κ3) is 7.14. The van der Waals surface area contributed by atoms with Crippen molar-refractivity contribution in [2.45, 2.75) is 40.8 Å². The van der Waals surface area contributed by atoms with E-state index in [0.29, 0.717) is 34.3 Å². The van der Waals surface area contributed by atoms with Gasteiger partial charge in [0.05, 0.1) is 23.8 Å². The highest BCUT2D eigenvalue weighted by Crippen LogP contribution is 2.17. The minimum Gasteiger partial charge on any atom is -0.464 e. The number of nitrogens with zero attached hydrogens (tertiary/aromatic N) is 2. The first-order valence-corrected chi connectivity index (χ1v) is 13.3. The number of nitrogens with one attached hydrogen (secondary N) is 1. The molecule has 8 heteroatoms. The molecule has 0 unspecified atom stereocenters. The van der Waals surface area contributed by atoms with Crippen molar-refractivity contribution in [1.82, 2.24) is 9.80 Å². The van der Waals surface area contributed by atoms with Gasteiger partial charge in [-0.05, 0) is 72.9 Å². The monoisotopic (exact) mass is 543 g/mol. The van der Waals surface area contributed by atoms with Gasteiger partial charge in [-0.3, -0.25) is 9.59 Å². The molecule has 1 N–H and O–H groups in total. The number of urea groups is 1. The minimum absolute atomic E-state index is 0.0301. The lowest BCUT2D eigenvalue weighted by Gasteiger charge is -2.29. The standard InChI is InChI=1S/C32H34FN3O4/c1-21(2)16-36(32(39)34-27-14-9-22(3)23(4)15-27)19-30(37)35(17-24-10-12-26(33)13-11-24)18-25-20-40-29-8-6-5-7-28(29)31(25)38/h5-15,20-21H,16-19H2,1-4H3,(H,34,39). The zero-order chi connectivity index (χ0) is 28.8. The molecule has 3 amide bonds. The summed E-state index contributed by atoms with van der Waals surface area (Å²) < 4.78 is 19.2. The summed E-state index contributed by atoms with van der Waals surface area (Å²) in [7, 11) is 0.